The van der Waals surface area contributed by atoms with Gasteiger partial charge in [-0.2, -0.15) is 13.2 Å². The smallest absolute Gasteiger partial charge is 0.300 e. The van der Waals surface area contributed by atoms with Gasteiger partial charge in [0.25, 0.3) is 0 Å². The Morgan fingerprint density at radius 2 is 1.94 bits per heavy atom. The summed E-state index contributed by atoms with van der Waals surface area (Å²) in [5.41, 5.74) is 0.0798. The molecule has 2 heterocycles. The summed E-state index contributed by atoms with van der Waals surface area (Å²) in [4.78, 5) is 6.18. The van der Waals surface area contributed by atoms with Crippen LogP contribution in [0.5, 0.6) is 0 Å². The van der Waals surface area contributed by atoms with Crippen molar-refractivity contribution in [3.63, 3.8) is 0 Å². The minimum atomic E-state index is -4.30. The molecule has 94 valence electrons. The maximum atomic E-state index is 12.3. The summed E-state index contributed by atoms with van der Waals surface area (Å²) in [5.74, 6) is 0.277. The normalized spacial score (nSPS) is 18.5. The molecule has 0 spiro atoms. The van der Waals surface area contributed by atoms with Crippen molar-refractivity contribution in [2.45, 2.75) is 32.0 Å². The summed E-state index contributed by atoms with van der Waals surface area (Å²) in [6.07, 6.45) is -3.37. The molecule has 2 rings (SSSR count). The lowest BCUT2D eigenvalue weighted by molar-refractivity contribution is -0.137. The zero-order valence-corrected chi connectivity index (χ0v) is 9.83. The highest BCUT2D eigenvalue weighted by atomic mass is 19.4. The number of likely N-dealkylation sites (tertiary alicyclic amines) is 1. The van der Waals surface area contributed by atoms with E-state index in [1.807, 2.05) is 0 Å². The highest BCUT2D eigenvalue weighted by molar-refractivity contribution is 5.21. The van der Waals surface area contributed by atoms with Gasteiger partial charge in [-0.05, 0) is 26.0 Å². The van der Waals surface area contributed by atoms with E-state index in [0.717, 1.165) is 31.0 Å². The Kier molecular flexibility index (Phi) is 3.12. The average Bonchev–Trinajstić information content (AvgIpc) is 2.14. The first-order chi connectivity index (χ1) is 7.88. The van der Waals surface area contributed by atoms with E-state index in [2.05, 4.69) is 23.7 Å². The van der Waals surface area contributed by atoms with Crippen molar-refractivity contribution in [3.05, 3.63) is 29.6 Å². The SMILES string of the molecule is CC(C)N1CC(c2ccc(C(F)(F)F)cn2)C1. The quantitative estimate of drug-likeness (QED) is 0.795. The molecule has 0 bridgehead atoms. The summed E-state index contributed by atoms with van der Waals surface area (Å²) in [7, 11) is 0. The molecular formula is C12H15F3N2. The second-order valence-corrected chi connectivity index (χ2v) is 4.71. The van der Waals surface area contributed by atoms with Gasteiger partial charge in [0.05, 0.1) is 5.56 Å². The van der Waals surface area contributed by atoms with Crippen LogP contribution >= 0.6 is 0 Å². The van der Waals surface area contributed by atoms with Crippen LogP contribution in [-0.4, -0.2) is 29.0 Å². The number of alkyl halides is 3. The molecule has 1 saturated heterocycles. The summed E-state index contributed by atoms with van der Waals surface area (Å²) < 4.78 is 37.0. The monoisotopic (exact) mass is 244 g/mol. The molecule has 0 atom stereocenters. The van der Waals surface area contributed by atoms with Crippen LogP contribution in [0, 0.1) is 0 Å². The van der Waals surface area contributed by atoms with Crippen LogP contribution in [0.3, 0.4) is 0 Å². The Balaban J connectivity index is 2.01. The number of aromatic nitrogens is 1. The lowest BCUT2D eigenvalue weighted by Crippen LogP contribution is -2.48. The zero-order valence-electron chi connectivity index (χ0n) is 9.83. The Hall–Kier alpha value is -1.10. The molecule has 0 N–H and O–H groups in total. The fraction of sp³-hybridized carbons (Fsp3) is 0.583. The van der Waals surface area contributed by atoms with E-state index in [4.69, 9.17) is 0 Å². The highest BCUT2D eigenvalue weighted by Gasteiger charge is 2.33. The molecule has 0 saturated carbocycles. The Bertz CT molecular complexity index is 378. The second kappa shape index (κ2) is 4.29. The van der Waals surface area contributed by atoms with Gasteiger partial charge in [-0.1, -0.05) is 0 Å². The van der Waals surface area contributed by atoms with Crippen LogP contribution in [0.1, 0.15) is 31.0 Å². The lowest BCUT2D eigenvalue weighted by Gasteiger charge is -2.41. The van der Waals surface area contributed by atoms with Crippen LogP contribution < -0.4 is 0 Å². The largest absolute Gasteiger partial charge is 0.417 e. The highest BCUT2D eigenvalue weighted by Crippen LogP contribution is 2.31. The van der Waals surface area contributed by atoms with E-state index in [9.17, 15) is 13.2 Å². The van der Waals surface area contributed by atoms with Gasteiger partial charge in [-0.15, -0.1) is 0 Å². The predicted octanol–water partition coefficient (Wildman–Crippen LogP) is 2.91. The molecule has 0 radical (unpaired) electrons. The van der Waals surface area contributed by atoms with Gasteiger partial charge >= 0.3 is 6.18 Å². The molecule has 5 heteroatoms. The molecule has 0 aromatic carbocycles. The van der Waals surface area contributed by atoms with Gasteiger partial charge in [-0.25, -0.2) is 0 Å². The number of nitrogens with zero attached hydrogens (tertiary/aromatic N) is 2. The predicted molar refractivity (Wildman–Crippen MR) is 58.7 cm³/mol. The zero-order chi connectivity index (χ0) is 12.6. The third-order valence-corrected chi connectivity index (χ3v) is 3.17. The molecule has 0 amide bonds. The van der Waals surface area contributed by atoms with E-state index >= 15 is 0 Å². The third-order valence-electron chi connectivity index (χ3n) is 3.17. The van der Waals surface area contributed by atoms with Crippen LogP contribution in [-0.2, 0) is 6.18 Å². The van der Waals surface area contributed by atoms with Crippen molar-refractivity contribution in [1.29, 1.82) is 0 Å². The molecule has 1 aromatic rings. The van der Waals surface area contributed by atoms with Gasteiger partial charge in [0.1, 0.15) is 0 Å². The summed E-state index contributed by atoms with van der Waals surface area (Å²) in [5, 5.41) is 0. The molecule has 1 aliphatic heterocycles. The van der Waals surface area contributed by atoms with Gasteiger partial charge in [0.2, 0.25) is 0 Å². The molecular weight excluding hydrogens is 229 g/mol. The Labute approximate surface area is 98.5 Å². The van der Waals surface area contributed by atoms with Gasteiger partial charge in [0, 0.05) is 36.9 Å². The Morgan fingerprint density at radius 3 is 2.35 bits per heavy atom. The Morgan fingerprint density at radius 1 is 1.29 bits per heavy atom. The molecule has 0 aliphatic carbocycles. The minimum absolute atomic E-state index is 0.277. The van der Waals surface area contributed by atoms with E-state index in [-0.39, 0.29) is 5.92 Å². The van der Waals surface area contributed by atoms with E-state index in [1.54, 1.807) is 0 Å². The van der Waals surface area contributed by atoms with Crippen LogP contribution in [0.4, 0.5) is 13.2 Å². The van der Waals surface area contributed by atoms with E-state index in [1.165, 1.54) is 6.07 Å². The molecule has 2 nitrogen and oxygen atoms in total. The van der Waals surface area contributed by atoms with E-state index in [0.29, 0.717) is 6.04 Å². The van der Waals surface area contributed by atoms with Gasteiger partial charge in [0.15, 0.2) is 0 Å². The topological polar surface area (TPSA) is 16.1 Å². The maximum Gasteiger partial charge on any atom is 0.417 e. The standard InChI is InChI=1S/C12H15F3N2/c1-8(2)17-6-9(7-17)11-4-3-10(5-16-11)12(13,14)15/h3-5,8-9H,6-7H2,1-2H3. The van der Waals surface area contributed by atoms with Crippen molar-refractivity contribution in [2.75, 3.05) is 13.1 Å². The minimum Gasteiger partial charge on any atom is -0.300 e. The van der Waals surface area contributed by atoms with Crippen molar-refractivity contribution in [3.8, 4) is 0 Å². The first-order valence-electron chi connectivity index (χ1n) is 5.65. The first kappa shape index (κ1) is 12.4. The fourth-order valence-electron chi connectivity index (χ4n) is 1.94. The van der Waals surface area contributed by atoms with Gasteiger partial charge < -0.3 is 0 Å². The van der Waals surface area contributed by atoms with Crippen LogP contribution in [0.25, 0.3) is 0 Å². The van der Waals surface area contributed by atoms with Gasteiger partial charge in [-0.3, -0.25) is 9.88 Å². The summed E-state index contributed by atoms with van der Waals surface area (Å²) >= 11 is 0. The fourth-order valence-corrected chi connectivity index (χ4v) is 1.94. The first-order valence-corrected chi connectivity index (χ1v) is 5.65. The molecule has 17 heavy (non-hydrogen) atoms. The maximum absolute atomic E-state index is 12.3. The van der Waals surface area contributed by atoms with Crippen LogP contribution in [0.15, 0.2) is 18.3 Å². The van der Waals surface area contributed by atoms with Crippen molar-refractivity contribution in [2.24, 2.45) is 0 Å². The summed E-state index contributed by atoms with van der Waals surface area (Å²) in [6.45, 7) is 5.98. The molecule has 0 unspecified atom stereocenters. The van der Waals surface area contributed by atoms with Crippen molar-refractivity contribution < 1.29 is 13.2 Å². The number of halogens is 3. The average molecular weight is 244 g/mol. The van der Waals surface area contributed by atoms with Crippen LogP contribution in [0.2, 0.25) is 0 Å². The number of hydrogen-bond donors (Lipinski definition) is 0. The second-order valence-electron chi connectivity index (χ2n) is 4.71. The molecule has 1 aromatic heterocycles. The third kappa shape index (κ3) is 2.60. The lowest BCUT2D eigenvalue weighted by atomic mass is 9.94. The number of rotatable bonds is 2. The number of pyridine rings is 1. The van der Waals surface area contributed by atoms with E-state index < -0.39 is 11.7 Å². The van der Waals surface area contributed by atoms with Crippen molar-refractivity contribution in [1.82, 2.24) is 9.88 Å². The summed E-state index contributed by atoms with van der Waals surface area (Å²) in [6, 6.07) is 3.09. The number of hydrogen-bond acceptors (Lipinski definition) is 2. The molecule has 1 aliphatic rings. The van der Waals surface area contributed by atoms with Crippen molar-refractivity contribution >= 4 is 0 Å². The molecule has 1 fully saturated rings.